The van der Waals surface area contributed by atoms with Crippen LogP contribution in [0.2, 0.25) is 0 Å². The Balaban J connectivity index is 1.38. The third-order valence-electron chi connectivity index (χ3n) is 7.70. The van der Waals surface area contributed by atoms with Gasteiger partial charge in [-0.25, -0.2) is 18.6 Å². The van der Waals surface area contributed by atoms with Gasteiger partial charge in [0.25, 0.3) is 5.56 Å². The lowest BCUT2D eigenvalue weighted by molar-refractivity contribution is 0.140. The summed E-state index contributed by atoms with van der Waals surface area (Å²) in [4.78, 5) is 34.3. The van der Waals surface area contributed by atoms with E-state index in [1.807, 2.05) is 38.3 Å². The molecule has 2 amide bonds. The summed E-state index contributed by atoms with van der Waals surface area (Å²) in [6.45, 7) is 2.36. The van der Waals surface area contributed by atoms with E-state index in [4.69, 9.17) is 0 Å². The number of rotatable bonds is 2. The summed E-state index contributed by atoms with van der Waals surface area (Å²) in [6.07, 6.45) is 8.19. The number of carbonyl (C=O) groups is 1. The van der Waals surface area contributed by atoms with Crippen molar-refractivity contribution in [3.63, 3.8) is 0 Å². The molecule has 0 bridgehead atoms. The van der Waals surface area contributed by atoms with Crippen molar-refractivity contribution >= 4 is 22.6 Å². The van der Waals surface area contributed by atoms with Gasteiger partial charge in [0.15, 0.2) is 11.6 Å². The van der Waals surface area contributed by atoms with Crippen LogP contribution in [-0.4, -0.2) is 59.6 Å². The lowest BCUT2D eigenvalue weighted by Gasteiger charge is -2.32. The van der Waals surface area contributed by atoms with Crippen LogP contribution in [0.3, 0.4) is 0 Å². The molecule has 6 heterocycles. The number of amides is 2. The number of imidazole rings is 1. The Kier molecular flexibility index (Phi) is 5.14. The Morgan fingerprint density at radius 3 is 2.68 bits per heavy atom. The van der Waals surface area contributed by atoms with Gasteiger partial charge in [-0.1, -0.05) is 6.07 Å². The zero-order chi connectivity index (χ0) is 26.0. The predicted octanol–water partition coefficient (Wildman–Crippen LogP) is 4.34. The molecule has 5 aromatic rings. The molecule has 11 heteroatoms. The maximum absolute atomic E-state index is 15.5. The van der Waals surface area contributed by atoms with E-state index in [1.165, 1.54) is 6.07 Å². The van der Waals surface area contributed by atoms with Gasteiger partial charge < -0.3 is 14.4 Å². The van der Waals surface area contributed by atoms with Gasteiger partial charge in [-0.3, -0.25) is 19.4 Å². The molecule has 0 spiro atoms. The Morgan fingerprint density at radius 2 is 1.84 bits per heavy atom. The predicted molar refractivity (Wildman–Crippen MR) is 138 cm³/mol. The van der Waals surface area contributed by atoms with Gasteiger partial charge in [0.1, 0.15) is 5.65 Å². The number of nitrogens with zero attached hydrogens (tertiary/aromatic N) is 5. The first-order chi connectivity index (χ1) is 18.5. The zero-order valence-corrected chi connectivity index (χ0v) is 20.5. The van der Waals surface area contributed by atoms with Crippen molar-refractivity contribution in [2.75, 3.05) is 19.6 Å². The highest BCUT2D eigenvalue weighted by Crippen LogP contribution is 2.39. The van der Waals surface area contributed by atoms with Crippen LogP contribution in [0.15, 0.2) is 47.7 Å². The minimum Gasteiger partial charge on any atom is -0.345 e. The Labute approximate surface area is 215 Å². The minimum atomic E-state index is -1.02. The average molecular weight is 518 g/mol. The molecule has 1 saturated heterocycles. The van der Waals surface area contributed by atoms with Crippen LogP contribution in [0.1, 0.15) is 24.8 Å². The molecule has 2 aliphatic heterocycles. The van der Waals surface area contributed by atoms with E-state index >= 15 is 8.78 Å². The molecule has 1 fully saturated rings. The first kappa shape index (κ1) is 22.8. The zero-order valence-electron chi connectivity index (χ0n) is 20.5. The number of carbonyl (C=O) groups excluding carboxylic acids is 1. The number of piperidine rings is 1. The van der Waals surface area contributed by atoms with E-state index in [2.05, 4.69) is 15.2 Å². The summed E-state index contributed by atoms with van der Waals surface area (Å²) < 4.78 is 34.2. The third-order valence-corrected chi connectivity index (χ3v) is 7.70. The fourth-order valence-corrected chi connectivity index (χ4v) is 5.90. The highest BCUT2D eigenvalue weighted by molar-refractivity contribution is 6.01. The second-order valence-corrected chi connectivity index (χ2v) is 9.94. The number of aromatic amines is 2. The second kappa shape index (κ2) is 8.57. The lowest BCUT2D eigenvalue weighted by atomic mass is 10.0. The average Bonchev–Trinajstić information content (AvgIpc) is 3.61. The summed E-state index contributed by atoms with van der Waals surface area (Å²) >= 11 is 0. The van der Waals surface area contributed by atoms with Gasteiger partial charge in [-0.15, -0.1) is 0 Å². The highest BCUT2D eigenvalue weighted by Gasteiger charge is 2.30. The molecule has 7 rings (SSSR count). The number of pyridine rings is 1. The maximum Gasteiger partial charge on any atom is 0.320 e. The maximum atomic E-state index is 15.5. The van der Waals surface area contributed by atoms with Crippen molar-refractivity contribution in [3.05, 3.63) is 70.4 Å². The Bertz CT molecular complexity index is 1770. The van der Waals surface area contributed by atoms with Crippen molar-refractivity contribution in [1.82, 2.24) is 33.9 Å². The van der Waals surface area contributed by atoms with E-state index in [0.717, 1.165) is 19.3 Å². The van der Waals surface area contributed by atoms with Crippen molar-refractivity contribution in [3.8, 4) is 22.5 Å². The van der Waals surface area contributed by atoms with Gasteiger partial charge in [-0.2, -0.15) is 0 Å². The van der Waals surface area contributed by atoms with E-state index in [0.29, 0.717) is 54.3 Å². The number of benzene rings is 1. The molecule has 0 atom stereocenters. The number of fused-ring (bicyclic) bond motifs is 1. The number of aromatic nitrogens is 5. The van der Waals surface area contributed by atoms with E-state index in [1.54, 1.807) is 17.3 Å². The van der Waals surface area contributed by atoms with Crippen molar-refractivity contribution < 1.29 is 13.6 Å². The summed E-state index contributed by atoms with van der Waals surface area (Å²) in [5.41, 5.74) is 2.77. The summed E-state index contributed by atoms with van der Waals surface area (Å²) in [7, 11) is 0. The molecule has 0 aliphatic carbocycles. The molecule has 0 radical (unpaired) electrons. The number of hydrogen-bond donors (Lipinski definition) is 2. The van der Waals surface area contributed by atoms with E-state index < -0.39 is 17.2 Å². The van der Waals surface area contributed by atoms with E-state index in [9.17, 15) is 9.59 Å². The second-order valence-electron chi connectivity index (χ2n) is 9.94. The lowest BCUT2D eigenvalue weighted by Crippen LogP contribution is -2.45. The molecule has 1 aromatic carbocycles. The molecule has 0 unspecified atom stereocenters. The van der Waals surface area contributed by atoms with Crippen LogP contribution in [0.5, 0.6) is 0 Å². The van der Waals surface area contributed by atoms with Gasteiger partial charge in [-0.05, 0) is 43.0 Å². The number of nitrogens with one attached hydrogen (secondary N) is 2. The molecule has 194 valence electrons. The first-order valence-corrected chi connectivity index (χ1v) is 12.8. The largest absolute Gasteiger partial charge is 0.345 e. The van der Waals surface area contributed by atoms with Gasteiger partial charge >= 0.3 is 6.03 Å². The third kappa shape index (κ3) is 3.37. The van der Waals surface area contributed by atoms with Gasteiger partial charge in [0.05, 0.1) is 28.7 Å². The fraction of sp³-hybridized carbons (Fsp3) is 0.296. The minimum absolute atomic E-state index is 0.0347. The fourth-order valence-electron chi connectivity index (χ4n) is 5.90. The molecule has 0 saturated carbocycles. The number of halogens is 2. The molecule has 4 aromatic heterocycles. The van der Waals surface area contributed by atoms with Crippen LogP contribution in [0.25, 0.3) is 39.1 Å². The number of urea groups is 1. The van der Waals surface area contributed by atoms with Crippen LogP contribution in [-0.2, 0) is 13.1 Å². The summed E-state index contributed by atoms with van der Waals surface area (Å²) in [5, 5.41) is 5.56. The Morgan fingerprint density at radius 1 is 1.00 bits per heavy atom. The Hall–Kier alpha value is -4.41. The van der Waals surface area contributed by atoms with Gasteiger partial charge in [0, 0.05) is 56.1 Å². The number of likely N-dealkylation sites (tertiary alicyclic amines) is 1. The van der Waals surface area contributed by atoms with E-state index in [-0.39, 0.29) is 29.1 Å². The van der Waals surface area contributed by atoms with Crippen molar-refractivity contribution in [2.24, 2.45) is 0 Å². The van der Waals surface area contributed by atoms with Crippen molar-refractivity contribution in [1.29, 1.82) is 0 Å². The van der Waals surface area contributed by atoms with Crippen LogP contribution >= 0.6 is 0 Å². The number of hydrogen-bond acceptors (Lipinski definition) is 3. The van der Waals surface area contributed by atoms with Gasteiger partial charge in [0.2, 0.25) is 0 Å². The highest BCUT2D eigenvalue weighted by atomic mass is 19.2. The van der Waals surface area contributed by atoms with Crippen molar-refractivity contribution in [2.45, 2.75) is 32.4 Å². The normalized spacial score (nSPS) is 15.9. The topological polar surface area (TPSA) is 94.4 Å². The summed E-state index contributed by atoms with van der Waals surface area (Å²) in [5.74, 6) is -2.03. The summed E-state index contributed by atoms with van der Waals surface area (Å²) in [6, 6.07) is 6.64. The molecular formula is C27H25F2N7O2. The molecule has 38 heavy (non-hydrogen) atoms. The molecule has 9 nitrogen and oxygen atoms in total. The standard InChI is InChI=1S/C27H25F2N7O2/c28-18-12-16-14-35(27(38)33-7-3-1-4-8-33)11-10-34-15-17(21(23(18)29)25(16)34)22-24(31-32-26(22)37)19-13-30-20-6-2-5-9-36(19)20/h2,5-6,9,12-13,15H,1,3-4,7-8,10-11,14H2,(H2,31,32,37). The molecule has 2 N–H and O–H groups in total. The van der Waals surface area contributed by atoms with Crippen LogP contribution in [0.4, 0.5) is 13.6 Å². The number of H-pyrrole nitrogens is 2. The van der Waals surface area contributed by atoms with Crippen LogP contribution < -0.4 is 5.56 Å². The molecular weight excluding hydrogens is 492 g/mol. The smallest absolute Gasteiger partial charge is 0.320 e. The van der Waals surface area contributed by atoms with Crippen LogP contribution in [0, 0.1) is 11.6 Å². The first-order valence-electron chi connectivity index (χ1n) is 12.8. The molecule has 2 aliphatic rings. The SMILES string of the molecule is O=C(N1CCCCC1)N1CCn2cc(-c3c(-c4cnc5ccccn45)[nH][nH]c3=O)c3c(F)c(F)cc(c32)C1. The quantitative estimate of drug-likeness (QED) is 0.365. The monoisotopic (exact) mass is 517 g/mol.